The van der Waals surface area contributed by atoms with Crippen molar-refractivity contribution in [2.24, 2.45) is 5.92 Å². The third-order valence-electron chi connectivity index (χ3n) is 3.88. The van der Waals surface area contributed by atoms with E-state index in [4.69, 9.17) is 9.47 Å². The number of nitrogens with one attached hydrogen (secondary N) is 1. The molecule has 20 heavy (non-hydrogen) atoms. The fourth-order valence-electron chi connectivity index (χ4n) is 2.89. The maximum absolute atomic E-state index is 5.82. The minimum Gasteiger partial charge on any atom is -0.490 e. The van der Waals surface area contributed by atoms with Crippen molar-refractivity contribution in [1.82, 2.24) is 5.32 Å². The van der Waals surface area contributed by atoms with Gasteiger partial charge in [-0.2, -0.15) is 0 Å². The quantitative estimate of drug-likeness (QED) is 0.772. The molecule has 1 aliphatic rings. The highest BCUT2D eigenvalue weighted by Crippen LogP contribution is 2.26. The second-order valence-corrected chi connectivity index (χ2v) is 5.65. The molecule has 0 saturated heterocycles. The highest BCUT2D eigenvalue weighted by Gasteiger charge is 2.17. The van der Waals surface area contributed by atoms with Crippen LogP contribution in [0, 0.1) is 5.92 Å². The molecule has 1 aliphatic carbocycles. The number of hydrogen-bond acceptors (Lipinski definition) is 3. The Morgan fingerprint density at radius 2 is 1.90 bits per heavy atom. The van der Waals surface area contributed by atoms with Crippen molar-refractivity contribution in [3.8, 4) is 11.5 Å². The maximum Gasteiger partial charge on any atom is 0.161 e. The van der Waals surface area contributed by atoms with Gasteiger partial charge in [0.2, 0.25) is 0 Å². The summed E-state index contributed by atoms with van der Waals surface area (Å²) < 4.78 is 11.4. The van der Waals surface area contributed by atoms with E-state index in [1.165, 1.54) is 25.7 Å². The number of para-hydroxylation sites is 2. The van der Waals surface area contributed by atoms with Crippen LogP contribution >= 0.6 is 0 Å². The van der Waals surface area contributed by atoms with E-state index in [0.717, 1.165) is 24.0 Å². The van der Waals surface area contributed by atoms with E-state index in [2.05, 4.69) is 12.2 Å². The SMILES string of the molecule is CCOc1ccccc1OCCNC1CCCC(C)C1. The lowest BCUT2D eigenvalue weighted by atomic mass is 9.87. The van der Waals surface area contributed by atoms with Gasteiger partial charge in [0.05, 0.1) is 6.61 Å². The van der Waals surface area contributed by atoms with Gasteiger partial charge in [-0.05, 0) is 37.8 Å². The van der Waals surface area contributed by atoms with Crippen LogP contribution in [-0.2, 0) is 0 Å². The van der Waals surface area contributed by atoms with E-state index in [0.29, 0.717) is 19.3 Å². The molecule has 3 heteroatoms. The van der Waals surface area contributed by atoms with Gasteiger partial charge in [-0.3, -0.25) is 0 Å². The summed E-state index contributed by atoms with van der Waals surface area (Å²) in [6.07, 6.45) is 5.35. The average molecular weight is 277 g/mol. The Kier molecular flexibility index (Phi) is 6.19. The monoisotopic (exact) mass is 277 g/mol. The molecule has 0 heterocycles. The lowest BCUT2D eigenvalue weighted by Crippen LogP contribution is -2.36. The van der Waals surface area contributed by atoms with Gasteiger partial charge in [0.15, 0.2) is 11.5 Å². The predicted molar refractivity (Wildman–Crippen MR) is 82.5 cm³/mol. The molecule has 2 rings (SSSR count). The van der Waals surface area contributed by atoms with E-state index in [9.17, 15) is 0 Å². The molecule has 2 unspecified atom stereocenters. The molecule has 3 nitrogen and oxygen atoms in total. The Balaban J connectivity index is 1.70. The molecule has 0 aromatic heterocycles. The van der Waals surface area contributed by atoms with Crippen molar-refractivity contribution in [1.29, 1.82) is 0 Å². The molecule has 0 radical (unpaired) electrons. The first kappa shape index (κ1) is 15.2. The molecular weight excluding hydrogens is 250 g/mol. The van der Waals surface area contributed by atoms with Crippen LogP contribution < -0.4 is 14.8 Å². The van der Waals surface area contributed by atoms with Crippen LogP contribution in [0.4, 0.5) is 0 Å². The summed E-state index contributed by atoms with van der Waals surface area (Å²) in [4.78, 5) is 0. The lowest BCUT2D eigenvalue weighted by molar-refractivity contribution is 0.253. The predicted octanol–water partition coefficient (Wildman–Crippen LogP) is 3.63. The largest absolute Gasteiger partial charge is 0.490 e. The van der Waals surface area contributed by atoms with E-state index >= 15 is 0 Å². The van der Waals surface area contributed by atoms with Gasteiger partial charge in [0.1, 0.15) is 6.61 Å². The molecule has 2 atom stereocenters. The van der Waals surface area contributed by atoms with Crippen LogP contribution in [0.5, 0.6) is 11.5 Å². The molecule has 0 amide bonds. The first-order valence-corrected chi connectivity index (χ1v) is 7.87. The molecule has 1 aromatic carbocycles. The Morgan fingerprint density at radius 3 is 2.60 bits per heavy atom. The van der Waals surface area contributed by atoms with Crippen LogP contribution in [0.1, 0.15) is 39.5 Å². The summed E-state index contributed by atoms with van der Waals surface area (Å²) in [5.41, 5.74) is 0. The average Bonchev–Trinajstić information content (AvgIpc) is 2.46. The Bertz CT molecular complexity index is 394. The minimum absolute atomic E-state index is 0.665. The van der Waals surface area contributed by atoms with E-state index in [1.54, 1.807) is 0 Å². The standard InChI is InChI=1S/C17H27NO2/c1-3-19-16-9-4-5-10-17(16)20-12-11-18-15-8-6-7-14(2)13-15/h4-5,9-10,14-15,18H,3,6-8,11-13H2,1-2H3. The van der Waals surface area contributed by atoms with Crippen molar-refractivity contribution in [3.63, 3.8) is 0 Å². The summed E-state index contributed by atoms with van der Waals surface area (Å²) >= 11 is 0. The van der Waals surface area contributed by atoms with Gasteiger partial charge >= 0.3 is 0 Å². The summed E-state index contributed by atoms with van der Waals surface area (Å²) in [5, 5.41) is 3.61. The molecular formula is C17H27NO2. The lowest BCUT2D eigenvalue weighted by Gasteiger charge is -2.27. The van der Waals surface area contributed by atoms with E-state index in [-0.39, 0.29) is 0 Å². The van der Waals surface area contributed by atoms with Crippen molar-refractivity contribution < 1.29 is 9.47 Å². The molecule has 112 valence electrons. The zero-order chi connectivity index (χ0) is 14.2. The van der Waals surface area contributed by atoms with Crippen LogP contribution in [-0.4, -0.2) is 25.8 Å². The molecule has 0 spiro atoms. The van der Waals surface area contributed by atoms with Gasteiger partial charge in [-0.1, -0.05) is 31.9 Å². The fraction of sp³-hybridized carbons (Fsp3) is 0.647. The second-order valence-electron chi connectivity index (χ2n) is 5.65. The highest BCUT2D eigenvalue weighted by atomic mass is 16.5. The van der Waals surface area contributed by atoms with Crippen molar-refractivity contribution in [2.45, 2.75) is 45.6 Å². The minimum atomic E-state index is 0.665. The smallest absolute Gasteiger partial charge is 0.161 e. The number of benzene rings is 1. The molecule has 1 fully saturated rings. The van der Waals surface area contributed by atoms with Gasteiger partial charge in [-0.15, -0.1) is 0 Å². The van der Waals surface area contributed by atoms with Crippen LogP contribution in [0.2, 0.25) is 0 Å². The third-order valence-corrected chi connectivity index (χ3v) is 3.88. The molecule has 0 aliphatic heterocycles. The van der Waals surface area contributed by atoms with Crippen molar-refractivity contribution in [3.05, 3.63) is 24.3 Å². The molecule has 1 saturated carbocycles. The number of hydrogen-bond donors (Lipinski definition) is 1. The van der Waals surface area contributed by atoms with E-state index < -0.39 is 0 Å². The maximum atomic E-state index is 5.82. The van der Waals surface area contributed by atoms with Crippen LogP contribution in [0.25, 0.3) is 0 Å². The van der Waals surface area contributed by atoms with Crippen LogP contribution in [0.3, 0.4) is 0 Å². The topological polar surface area (TPSA) is 30.5 Å². The van der Waals surface area contributed by atoms with Gasteiger partial charge in [0, 0.05) is 12.6 Å². The molecule has 1 aromatic rings. The molecule has 0 bridgehead atoms. The highest BCUT2D eigenvalue weighted by molar-refractivity contribution is 5.39. The Morgan fingerprint density at radius 1 is 1.15 bits per heavy atom. The van der Waals surface area contributed by atoms with Crippen LogP contribution in [0.15, 0.2) is 24.3 Å². The third kappa shape index (κ3) is 4.71. The Labute approximate surface area is 122 Å². The first-order valence-electron chi connectivity index (χ1n) is 7.87. The molecule has 1 N–H and O–H groups in total. The fourth-order valence-corrected chi connectivity index (χ4v) is 2.89. The van der Waals surface area contributed by atoms with E-state index in [1.807, 2.05) is 31.2 Å². The normalized spacial score (nSPS) is 22.5. The number of ether oxygens (including phenoxy) is 2. The number of rotatable bonds is 7. The second kappa shape index (κ2) is 8.15. The van der Waals surface area contributed by atoms with Crippen molar-refractivity contribution in [2.75, 3.05) is 19.8 Å². The first-order chi connectivity index (χ1) is 9.79. The summed E-state index contributed by atoms with van der Waals surface area (Å²) in [7, 11) is 0. The van der Waals surface area contributed by atoms with Gasteiger partial charge in [0.25, 0.3) is 0 Å². The van der Waals surface area contributed by atoms with Gasteiger partial charge < -0.3 is 14.8 Å². The zero-order valence-electron chi connectivity index (χ0n) is 12.7. The zero-order valence-corrected chi connectivity index (χ0v) is 12.7. The summed E-state index contributed by atoms with van der Waals surface area (Å²) in [6, 6.07) is 8.54. The Hall–Kier alpha value is -1.22. The van der Waals surface area contributed by atoms with Crippen molar-refractivity contribution >= 4 is 0 Å². The summed E-state index contributed by atoms with van der Waals surface area (Å²) in [6.45, 7) is 6.59. The van der Waals surface area contributed by atoms with Gasteiger partial charge in [-0.25, -0.2) is 0 Å². The summed E-state index contributed by atoms with van der Waals surface area (Å²) in [5.74, 6) is 2.54.